The van der Waals surface area contributed by atoms with Crippen LogP contribution in [0.25, 0.3) is 22.6 Å². The Hall–Kier alpha value is -4.08. The third kappa shape index (κ3) is 5.22. The van der Waals surface area contributed by atoms with Crippen LogP contribution in [0.5, 0.6) is 0 Å². The van der Waals surface area contributed by atoms with Gasteiger partial charge in [-0.1, -0.05) is 6.92 Å². The van der Waals surface area contributed by atoms with Crippen LogP contribution in [-0.4, -0.2) is 59.8 Å². The fourth-order valence-electron chi connectivity index (χ4n) is 4.10. The van der Waals surface area contributed by atoms with Gasteiger partial charge in [-0.15, -0.1) is 0 Å². The molecule has 5 rings (SSSR count). The highest BCUT2D eigenvalue weighted by Crippen LogP contribution is 2.43. The number of hydrogen-bond donors (Lipinski definition) is 1. The van der Waals surface area contributed by atoms with Crippen LogP contribution in [0, 0.1) is 6.92 Å². The highest BCUT2D eigenvalue weighted by atomic mass is 32.2. The fourth-order valence-corrected chi connectivity index (χ4v) is 4.86. The molecule has 210 valence electrons. The van der Waals surface area contributed by atoms with Crippen LogP contribution in [0.3, 0.4) is 0 Å². The lowest BCUT2D eigenvalue weighted by Crippen LogP contribution is -2.35. The van der Waals surface area contributed by atoms with E-state index in [9.17, 15) is 26.4 Å². The Morgan fingerprint density at radius 3 is 2.40 bits per heavy atom. The first kappa shape index (κ1) is 27.5. The number of aromatic nitrogens is 8. The molecule has 0 aromatic carbocycles. The van der Waals surface area contributed by atoms with E-state index in [1.807, 2.05) is 0 Å². The van der Waals surface area contributed by atoms with Crippen molar-refractivity contribution in [3.63, 3.8) is 0 Å². The molecule has 0 spiro atoms. The molecule has 1 unspecified atom stereocenters. The maximum absolute atomic E-state index is 13.9. The van der Waals surface area contributed by atoms with Crippen molar-refractivity contribution in [1.82, 2.24) is 39.5 Å². The van der Waals surface area contributed by atoms with Gasteiger partial charge in [-0.2, -0.15) is 13.2 Å². The van der Waals surface area contributed by atoms with E-state index in [0.717, 1.165) is 32.2 Å². The maximum Gasteiger partial charge on any atom is 0.409 e. The smallest absolute Gasteiger partial charge is 0.358 e. The average Bonchev–Trinajstić information content (AvgIpc) is 3.77. The van der Waals surface area contributed by atoms with Crippen molar-refractivity contribution in [1.29, 1.82) is 0 Å². The van der Waals surface area contributed by atoms with E-state index >= 15 is 0 Å². The Bertz CT molecular complexity index is 1760. The molecule has 16 heteroatoms. The summed E-state index contributed by atoms with van der Waals surface area (Å²) in [6, 6.07) is -2.24. The van der Waals surface area contributed by atoms with Crippen molar-refractivity contribution >= 4 is 26.8 Å². The van der Waals surface area contributed by atoms with E-state index in [4.69, 9.17) is 0 Å². The van der Waals surface area contributed by atoms with Gasteiger partial charge in [-0.05, 0) is 26.7 Å². The predicted molar refractivity (Wildman–Crippen MR) is 137 cm³/mol. The summed E-state index contributed by atoms with van der Waals surface area (Å²) in [5, 5.41) is 2.67. The quantitative estimate of drug-likeness (QED) is 0.329. The average molecular weight is 576 g/mol. The summed E-state index contributed by atoms with van der Waals surface area (Å²) in [6.07, 6.45) is 2.01. The topological polar surface area (TPSA) is 158 Å². The summed E-state index contributed by atoms with van der Waals surface area (Å²) < 4.78 is 66.2. The van der Waals surface area contributed by atoms with Gasteiger partial charge in [-0.3, -0.25) is 9.36 Å². The van der Waals surface area contributed by atoms with Crippen molar-refractivity contribution in [3.8, 4) is 11.4 Å². The zero-order chi connectivity index (χ0) is 28.8. The van der Waals surface area contributed by atoms with Crippen molar-refractivity contribution in [2.45, 2.75) is 63.2 Å². The molecule has 40 heavy (non-hydrogen) atoms. The van der Waals surface area contributed by atoms with Crippen LogP contribution in [0.4, 0.5) is 19.0 Å². The minimum Gasteiger partial charge on any atom is -0.358 e. The summed E-state index contributed by atoms with van der Waals surface area (Å²) >= 11 is 0. The predicted octanol–water partition coefficient (Wildman–Crippen LogP) is 3.15. The molecule has 1 atom stereocenters. The highest BCUT2D eigenvalue weighted by molar-refractivity contribution is 7.91. The number of halogens is 3. The van der Waals surface area contributed by atoms with Crippen LogP contribution in [0.1, 0.15) is 55.9 Å². The van der Waals surface area contributed by atoms with Gasteiger partial charge in [0.05, 0.1) is 35.4 Å². The first-order valence-electron chi connectivity index (χ1n) is 12.4. The number of nitrogens with one attached hydrogen (secondary N) is 1. The van der Waals surface area contributed by atoms with Gasteiger partial charge in [-0.25, -0.2) is 43.3 Å². The molecule has 0 radical (unpaired) electrons. The lowest BCUT2D eigenvalue weighted by molar-refractivity contribution is -0.162. The Morgan fingerprint density at radius 1 is 1.07 bits per heavy atom. The lowest BCUT2D eigenvalue weighted by Gasteiger charge is -2.21. The second-order valence-electron chi connectivity index (χ2n) is 9.34. The van der Waals surface area contributed by atoms with Gasteiger partial charge in [0, 0.05) is 18.3 Å². The molecule has 0 bridgehead atoms. The molecule has 1 saturated carbocycles. The minimum absolute atomic E-state index is 0.0465. The zero-order valence-corrected chi connectivity index (χ0v) is 22.5. The lowest BCUT2D eigenvalue weighted by atomic mass is 10.1. The molecule has 0 aliphatic heterocycles. The molecule has 1 N–H and O–H groups in total. The van der Waals surface area contributed by atoms with Crippen LogP contribution in [-0.2, 0) is 16.4 Å². The van der Waals surface area contributed by atoms with Crippen LogP contribution in [0.2, 0.25) is 0 Å². The summed E-state index contributed by atoms with van der Waals surface area (Å²) in [6.45, 7) is 3.87. The van der Waals surface area contributed by atoms with Crippen molar-refractivity contribution < 1.29 is 21.6 Å². The Kier molecular flexibility index (Phi) is 6.97. The fraction of sp³-hybridized carbons (Fsp3) is 0.417. The molecule has 1 aliphatic carbocycles. The molecule has 1 aliphatic rings. The van der Waals surface area contributed by atoms with Gasteiger partial charge >= 0.3 is 6.18 Å². The van der Waals surface area contributed by atoms with Crippen molar-refractivity contribution in [3.05, 3.63) is 52.5 Å². The van der Waals surface area contributed by atoms with E-state index in [1.165, 1.54) is 19.4 Å². The number of anilines is 1. The summed E-state index contributed by atoms with van der Waals surface area (Å²) in [5.74, 6) is -0.130. The van der Waals surface area contributed by atoms with Gasteiger partial charge in [0.25, 0.3) is 5.56 Å². The minimum atomic E-state index is -4.77. The molecule has 0 saturated heterocycles. The highest BCUT2D eigenvalue weighted by Gasteiger charge is 2.40. The maximum atomic E-state index is 13.9. The largest absolute Gasteiger partial charge is 0.409 e. The standard InChI is InChI=1S/C24H24F3N9O3S/c1-4-40(38,39)15-7-28-17(29-8-15)10-31-21-23(37)36(13(3)24(25,26)27)22-16(34-21)9-30-20(35-22)18-12(2)32-11-33-19(18)14-5-6-14/h7-9,11,13-14H,4-6,10H2,1-3H3,(H,31,34). The molecular formula is C24H24F3N9O3S. The van der Waals surface area contributed by atoms with Gasteiger partial charge in [0.15, 0.2) is 27.1 Å². The molecule has 12 nitrogen and oxygen atoms in total. The van der Waals surface area contributed by atoms with E-state index in [2.05, 4.69) is 40.2 Å². The summed E-state index contributed by atoms with van der Waals surface area (Å²) in [4.78, 5) is 42.7. The number of aryl methyl sites for hydroxylation is 1. The molecule has 4 aromatic heterocycles. The summed E-state index contributed by atoms with van der Waals surface area (Å²) in [7, 11) is -3.51. The first-order valence-corrected chi connectivity index (χ1v) is 14.0. The third-order valence-electron chi connectivity index (χ3n) is 6.58. The Labute approximate surface area is 226 Å². The summed E-state index contributed by atoms with van der Waals surface area (Å²) in [5.41, 5.74) is 0.413. The second kappa shape index (κ2) is 10.1. The molecule has 4 aromatic rings. The first-order chi connectivity index (χ1) is 18.9. The van der Waals surface area contributed by atoms with Crippen molar-refractivity contribution in [2.24, 2.45) is 0 Å². The SMILES string of the molecule is CCS(=O)(=O)c1cnc(CNc2nc3cnc(-c4c(C)ncnc4C4CC4)nc3n(C(C)C(F)(F)F)c2=O)nc1. The number of sulfone groups is 1. The Morgan fingerprint density at radius 2 is 1.77 bits per heavy atom. The number of nitrogens with zero attached hydrogens (tertiary/aromatic N) is 8. The molecular weight excluding hydrogens is 551 g/mol. The second-order valence-corrected chi connectivity index (χ2v) is 11.6. The van der Waals surface area contributed by atoms with Crippen LogP contribution < -0.4 is 10.9 Å². The van der Waals surface area contributed by atoms with E-state index in [0.29, 0.717) is 21.5 Å². The normalized spacial score (nSPS) is 14.8. The van der Waals surface area contributed by atoms with Gasteiger partial charge < -0.3 is 5.32 Å². The third-order valence-corrected chi connectivity index (χ3v) is 8.27. The number of fused-ring (bicyclic) bond motifs is 1. The molecule has 0 amide bonds. The van der Waals surface area contributed by atoms with Crippen LogP contribution >= 0.6 is 0 Å². The van der Waals surface area contributed by atoms with Crippen LogP contribution in [0.15, 0.2) is 34.6 Å². The molecule has 1 fully saturated rings. The molecule has 4 heterocycles. The van der Waals surface area contributed by atoms with Crippen molar-refractivity contribution in [2.75, 3.05) is 11.1 Å². The van der Waals surface area contributed by atoms with E-state index in [1.54, 1.807) is 6.92 Å². The Balaban J connectivity index is 1.57. The zero-order valence-electron chi connectivity index (χ0n) is 21.6. The number of hydrogen-bond acceptors (Lipinski definition) is 11. The van der Waals surface area contributed by atoms with E-state index in [-0.39, 0.29) is 45.9 Å². The van der Waals surface area contributed by atoms with E-state index < -0.39 is 33.4 Å². The van der Waals surface area contributed by atoms with Gasteiger partial charge in [0.1, 0.15) is 28.6 Å². The number of rotatable bonds is 8. The van der Waals surface area contributed by atoms with Gasteiger partial charge in [0.2, 0.25) is 0 Å². The number of alkyl halides is 3. The monoisotopic (exact) mass is 575 g/mol.